The molecule has 1 aliphatic rings. The fraction of sp³-hybridized carbons (Fsp3) is 0.158. The number of carbonyl (C=O) groups is 2. The van der Waals surface area contributed by atoms with Crippen molar-refractivity contribution >= 4 is 22.7 Å². The first-order chi connectivity index (χ1) is 13.6. The van der Waals surface area contributed by atoms with Crippen LogP contribution in [0.15, 0.2) is 59.7 Å². The Balaban J connectivity index is 1.35. The van der Waals surface area contributed by atoms with Crippen LogP contribution in [-0.2, 0) is 16.1 Å². The molecular weight excluding hydrogens is 364 g/mol. The number of hydrazine groups is 1. The molecule has 1 aromatic heterocycles. The maximum atomic E-state index is 12.4. The second-order valence-electron chi connectivity index (χ2n) is 6.10. The van der Waals surface area contributed by atoms with Gasteiger partial charge in [-0.15, -0.1) is 0 Å². The van der Waals surface area contributed by atoms with E-state index >= 15 is 0 Å². The van der Waals surface area contributed by atoms with Crippen LogP contribution in [0, 0.1) is 0 Å². The molecule has 9 nitrogen and oxygen atoms in total. The SMILES string of the molecule is O=C(Cn1cnc2ccccc2c1=O)NNC(=O)[C@H]1COc2ccccc2O1. The van der Waals surface area contributed by atoms with Crippen molar-refractivity contribution in [2.75, 3.05) is 6.61 Å². The van der Waals surface area contributed by atoms with Gasteiger partial charge in [0.1, 0.15) is 13.2 Å². The minimum Gasteiger partial charge on any atom is -0.485 e. The minimum absolute atomic E-state index is 0.0206. The average molecular weight is 380 g/mol. The molecule has 1 atom stereocenters. The smallest absolute Gasteiger partial charge is 0.283 e. The highest BCUT2D eigenvalue weighted by Gasteiger charge is 2.27. The highest BCUT2D eigenvalue weighted by Crippen LogP contribution is 2.30. The fourth-order valence-corrected chi connectivity index (χ4v) is 2.77. The summed E-state index contributed by atoms with van der Waals surface area (Å²) < 4.78 is 12.2. The first-order valence-electron chi connectivity index (χ1n) is 8.53. The van der Waals surface area contributed by atoms with Crippen LogP contribution in [0.5, 0.6) is 11.5 Å². The van der Waals surface area contributed by atoms with Crippen molar-refractivity contribution in [2.24, 2.45) is 0 Å². The van der Waals surface area contributed by atoms with E-state index in [2.05, 4.69) is 15.8 Å². The highest BCUT2D eigenvalue weighted by atomic mass is 16.6. The summed E-state index contributed by atoms with van der Waals surface area (Å²) in [6, 6.07) is 13.8. The van der Waals surface area contributed by atoms with Crippen molar-refractivity contribution in [1.29, 1.82) is 0 Å². The van der Waals surface area contributed by atoms with Crippen molar-refractivity contribution < 1.29 is 19.1 Å². The van der Waals surface area contributed by atoms with Gasteiger partial charge in [0.15, 0.2) is 11.5 Å². The topological polar surface area (TPSA) is 112 Å². The Labute approximate surface area is 158 Å². The van der Waals surface area contributed by atoms with E-state index in [0.29, 0.717) is 22.4 Å². The molecular formula is C19H16N4O5. The molecule has 0 bridgehead atoms. The van der Waals surface area contributed by atoms with Crippen LogP contribution in [0.1, 0.15) is 0 Å². The van der Waals surface area contributed by atoms with Crippen LogP contribution >= 0.6 is 0 Å². The summed E-state index contributed by atoms with van der Waals surface area (Å²) in [5, 5.41) is 0.410. The van der Waals surface area contributed by atoms with Crippen LogP contribution in [0.3, 0.4) is 0 Å². The standard InChI is InChI=1S/C19H16N4O5/c24-17(9-23-11-20-13-6-2-1-5-12(13)19(23)26)21-22-18(25)16-10-27-14-7-3-4-8-15(14)28-16/h1-8,11,16H,9-10H2,(H,21,24)(H,22,25)/t16-/m1/s1. The van der Waals surface area contributed by atoms with E-state index in [1.165, 1.54) is 10.9 Å². The molecule has 1 aliphatic heterocycles. The second kappa shape index (κ2) is 7.39. The summed E-state index contributed by atoms with van der Waals surface area (Å²) in [6.45, 7) is -0.269. The molecule has 142 valence electrons. The Morgan fingerprint density at radius 1 is 1.07 bits per heavy atom. The van der Waals surface area contributed by atoms with Gasteiger partial charge in [-0.2, -0.15) is 0 Å². The molecule has 0 radical (unpaired) electrons. The van der Waals surface area contributed by atoms with Gasteiger partial charge in [-0.25, -0.2) is 4.98 Å². The van der Waals surface area contributed by atoms with E-state index in [4.69, 9.17) is 9.47 Å². The predicted molar refractivity (Wildman–Crippen MR) is 98.6 cm³/mol. The molecule has 2 N–H and O–H groups in total. The molecule has 0 aliphatic carbocycles. The normalized spacial score (nSPS) is 15.1. The summed E-state index contributed by atoms with van der Waals surface area (Å²) in [7, 11) is 0. The lowest BCUT2D eigenvalue weighted by atomic mass is 10.2. The third-order valence-electron chi connectivity index (χ3n) is 4.17. The monoisotopic (exact) mass is 380 g/mol. The van der Waals surface area contributed by atoms with Crippen LogP contribution in [0.25, 0.3) is 10.9 Å². The van der Waals surface area contributed by atoms with Crippen LogP contribution in [0.4, 0.5) is 0 Å². The Bertz CT molecular complexity index is 1110. The number of rotatable bonds is 3. The van der Waals surface area contributed by atoms with Gasteiger partial charge in [0.05, 0.1) is 17.2 Å². The van der Waals surface area contributed by atoms with E-state index < -0.39 is 17.9 Å². The lowest BCUT2D eigenvalue weighted by Gasteiger charge is -2.25. The minimum atomic E-state index is -0.903. The zero-order valence-electron chi connectivity index (χ0n) is 14.6. The largest absolute Gasteiger partial charge is 0.485 e. The van der Waals surface area contributed by atoms with Gasteiger partial charge in [-0.1, -0.05) is 24.3 Å². The predicted octanol–water partition coefficient (Wildman–Crippen LogP) is 0.384. The van der Waals surface area contributed by atoms with Crippen molar-refractivity contribution in [2.45, 2.75) is 12.6 Å². The number of ether oxygens (including phenoxy) is 2. The van der Waals surface area contributed by atoms with Gasteiger partial charge in [0.25, 0.3) is 17.4 Å². The van der Waals surface area contributed by atoms with Crippen LogP contribution < -0.4 is 25.9 Å². The van der Waals surface area contributed by atoms with Gasteiger partial charge < -0.3 is 9.47 Å². The number of nitrogens with one attached hydrogen (secondary N) is 2. The molecule has 4 rings (SSSR count). The van der Waals surface area contributed by atoms with E-state index in [9.17, 15) is 14.4 Å². The quantitative estimate of drug-likeness (QED) is 0.636. The van der Waals surface area contributed by atoms with Crippen molar-refractivity contribution in [1.82, 2.24) is 20.4 Å². The number of aromatic nitrogens is 2. The first-order valence-corrected chi connectivity index (χ1v) is 8.53. The van der Waals surface area contributed by atoms with Crippen molar-refractivity contribution in [3.05, 3.63) is 65.2 Å². The van der Waals surface area contributed by atoms with Gasteiger partial charge >= 0.3 is 0 Å². The lowest BCUT2D eigenvalue weighted by molar-refractivity contribution is -0.135. The van der Waals surface area contributed by atoms with E-state index in [1.807, 2.05) is 0 Å². The van der Waals surface area contributed by atoms with Gasteiger partial charge in [0, 0.05) is 0 Å². The van der Waals surface area contributed by atoms with Crippen molar-refractivity contribution in [3.8, 4) is 11.5 Å². The molecule has 2 amide bonds. The summed E-state index contributed by atoms with van der Waals surface area (Å²) in [5.41, 5.74) is 4.75. The van der Waals surface area contributed by atoms with E-state index in [-0.39, 0.29) is 18.7 Å². The third-order valence-corrected chi connectivity index (χ3v) is 4.17. The molecule has 28 heavy (non-hydrogen) atoms. The molecule has 0 saturated carbocycles. The van der Waals surface area contributed by atoms with E-state index in [1.54, 1.807) is 48.5 Å². The summed E-state index contributed by atoms with van der Waals surface area (Å²) in [4.78, 5) is 40.8. The summed E-state index contributed by atoms with van der Waals surface area (Å²) in [6.07, 6.45) is 0.390. The number of hydrogen-bond acceptors (Lipinski definition) is 6. The van der Waals surface area contributed by atoms with Crippen LogP contribution in [0.2, 0.25) is 0 Å². The third kappa shape index (κ3) is 3.50. The zero-order valence-corrected chi connectivity index (χ0v) is 14.6. The number of nitrogens with zero attached hydrogens (tertiary/aromatic N) is 2. The molecule has 3 aromatic rings. The highest BCUT2D eigenvalue weighted by molar-refractivity contribution is 5.85. The molecule has 0 saturated heterocycles. The Morgan fingerprint density at radius 3 is 2.68 bits per heavy atom. The lowest BCUT2D eigenvalue weighted by Crippen LogP contribution is -2.51. The fourth-order valence-electron chi connectivity index (χ4n) is 2.77. The number of fused-ring (bicyclic) bond motifs is 2. The Hall–Kier alpha value is -3.88. The first kappa shape index (κ1) is 17.5. The molecule has 0 fully saturated rings. The summed E-state index contributed by atoms with van der Waals surface area (Å²) in [5.74, 6) is -0.135. The maximum Gasteiger partial charge on any atom is 0.283 e. The average Bonchev–Trinajstić information content (AvgIpc) is 2.74. The van der Waals surface area contributed by atoms with Gasteiger partial charge in [-0.05, 0) is 24.3 Å². The summed E-state index contributed by atoms with van der Waals surface area (Å²) >= 11 is 0. The number of amides is 2. The Morgan fingerprint density at radius 2 is 1.82 bits per heavy atom. The zero-order chi connectivity index (χ0) is 19.5. The molecule has 9 heteroatoms. The van der Waals surface area contributed by atoms with Crippen LogP contribution in [-0.4, -0.2) is 34.1 Å². The molecule has 0 spiro atoms. The molecule has 2 heterocycles. The van der Waals surface area contributed by atoms with Gasteiger partial charge in [-0.3, -0.25) is 29.8 Å². The Kier molecular flexibility index (Phi) is 4.63. The number of para-hydroxylation sites is 3. The maximum absolute atomic E-state index is 12.4. The van der Waals surface area contributed by atoms with Gasteiger partial charge in [0.2, 0.25) is 6.10 Å². The molecule has 2 aromatic carbocycles. The van der Waals surface area contributed by atoms with Crippen molar-refractivity contribution in [3.63, 3.8) is 0 Å². The number of hydrogen-bond donors (Lipinski definition) is 2. The number of carbonyl (C=O) groups excluding carboxylic acids is 2. The second-order valence-corrected chi connectivity index (χ2v) is 6.10. The number of benzene rings is 2. The van der Waals surface area contributed by atoms with E-state index in [0.717, 1.165) is 0 Å². The molecule has 0 unspecified atom stereocenters.